The van der Waals surface area contributed by atoms with Crippen LogP contribution < -0.4 is 5.73 Å². The maximum Gasteiger partial charge on any atom is 0.254 e. The molecule has 1 aromatic heterocycles. The molecule has 2 aromatic rings. The van der Waals surface area contributed by atoms with Crippen LogP contribution in [0.25, 0.3) is 11.1 Å². The molecule has 1 fully saturated rings. The minimum atomic E-state index is -0.389. The molecule has 7 heteroatoms. The first-order valence-electron chi connectivity index (χ1n) is 9.25. The van der Waals surface area contributed by atoms with E-state index in [-0.39, 0.29) is 23.8 Å². The van der Waals surface area contributed by atoms with Gasteiger partial charge in [-0.05, 0) is 24.1 Å². The van der Waals surface area contributed by atoms with E-state index in [0.717, 1.165) is 24.0 Å². The lowest BCUT2D eigenvalue weighted by Crippen LogP contribution is -2.57. The Balaban J connectivity index is 1.86. The summed E-state index contributed by atoms with van der Waals surface area (Å²) in [5, 5.41) is 0. The molecule has 27 heavy (non-hydrogen) atoms. The van der Waals surface area contributed by atoms with Crippen LogP contribution in [-0.4, -0.2) is 57.8 Å². The molecule has 1 aromatic carbocycles. The van der Waals surface area contributed by atoms with E-state index in [1.807, 2.05) is 18.2 Å². The Hall–Kier alpha value is -2.96. The van der Waals surface area contributed by atoms with Gasteiger partial charge in [0.25, 0.3) is 5.91 Å². The summed E-state index contributed by atoms with van der Waals surface area (Å²) >= 11 is 0. The Morgan fingerprint density at radius 3 is 2.67 bits per heavy atom. The molecule has 2 heterocycles. The largest absolute Gasteiger partial charge is 0.368 e. The van der Waals surface area contributed by atoms with Crippen LogP contribution in [0, 0.1) is 0 Å². The minimum Gasteiger partial charge on any atom is -0.368 e. The van der Waals surface area contributed by atoms with E-state index in [1.165, 1.54) is 0 Å². The highest BCUT2D eigenvalue weighted by atomic mass is 16.2. The second kappa shape index (κ2) is 8.16. The number of nitrogens with zero attached hydrogens (tertiary/aromatic N) is 4. The number of carbonyl (C=O) groups is 2. The average Bonchev–Trinajstić information content (AvgIpc) is 2.69. The molecule has 1 aliphatic rings. The van der Waals surface area contributed by atoms with Crippen LogP contribution in [-0.2, 0) is 4.79 Å². The molecule has 1 unspecified atom stereocenters. The number of anilines is 1. The van der Waals surface area contributed by atoms with Crippen molar-refractivity contribution in [2.45, 2.75) is 32.2 Å². The first-order chi connectivity index (χ1) is 13.0. The van der Waals surface area contributed by atoms with Crippen molar-refractivity contribution in [3.8, 4) is 11.1 Å². The number of aromatic nitrogens is 2. The van der Waals surface area contributed by atoms with Crippen LogP contribution in [0.15, 0.2) is 36.7 Å². The molecule has 0 aliphatic carbocycles. The molecule has 3 rings (SSSR count). The molecule has 0 radical (unpaired) electrons. The van der Waals surface area contributed by atoms with Gasteiger partial charge in [0.05, 0.1) is 0 Å². The van der Waals surface area contributed by atoms with E-state index in [2.05, 4.69) is 16.9 Å². The molecule has 1 aliphatic heterocycles. The number of carbonyl (C=O) groups excluding carboxylic acids is 2. The molecule has 142 valence electrons. The molecular formula is C20H25N5O2. The van der Waals surface area contributed by atoms with Gasteiger partial charge in [-0.2, -0.15) is 0 Å². The highest BCUT2D eigenvalue weighted by Crippen LogP contribution is 2.23. The van der Waals surface area contributed by atoms with Gasteiger partial charge in [-0.15, -0.1) is 0 Å². The van der Waals surface area contributed by atoms with Crippen molar-refractivity contribution >= 4 is 17.8 Å². The highest BCUT2D eigenvalue weighted by molar-refractivity contribution is 5.99. The Morgan fingerprint density at radius 1 is 1.22 bits per heavy atom. The van der Waals surface area contributed by atoms with Crippen LogP contribution in [0.4, 0.5) is 5.95 Å². The number of unbranched alkanes of at least 4 members (excludes halogenated alkanes) is 1. The van der Waals surface area contributed by atoms with Crippen LogP contribution in [0.1, 0.15) is 36.5 Å². The van der Waals surface area contributed by atoms with Crippen molar-refractivity contribution in [3.05, 3.63) is 42.2 Å². The Morgan fingerprint density at radius 2 is 1.96 bits per heavy atom. The van der Waals surface area contributed by atoms with Gasteiger partial charge in [0.1, 0.15) is 6.04 Å². The van der Waals surface area contributed by atoms with Crippen molar-refractivity contribution < 1.29 is 9.59 Å². The zero-order chi connectivity index (χ0) is 19.4. The quantitative estimate of drug-likeness (QED) is 0.874. The second-order valence-electron chi connectivity index (χ2n) is 6.83. The lowest BCUT2D eigenvalue weighted by atomic mass is 10.0. The van der Waals surface area contributed by atoms with Gasteiger partial charge in [-0.3, -0.25) is 9.59 Å². The smallest absolute Gasteiger partial charge is 0.254 e. The Labute approximate surface area is 159 Å². The SMILES string of the molecule is CCCCC1C(=O)N(C)CCN1C(=O)c1cccc(-c2cnc(N)nc2)c1. The maximum absolute atomic E-state index is 13.2. The van der Waals surface area contributed by atoms with Gasteiger partial charge in [0.2, 0.25) is 11.9 Å². The summed E-state index contributed by atoms with van der Waals surface area (Å²) in [7, 11) is 1.80. The number of nitrogen functional groups attached to an aromatic ring is 1. The summed E-state index contributed by atoms with van der Waals surface area (Å²) in [5.41, 5.74) is 7.73. The Bertz CT molecular complexity index is 821. The number of benzene rings is 1. The normalized spacial score (nSPS) is 17.3. The van der Waals surface area contributed by atoms with Crippen molar-refractivity contribution in [1.82, 2.24) is 19.8 Å². The fourth-order valence-electron chi connectivity index (χ4n) is 3.32. The predicted octanol–water partition coefficient (Wildman–Crippen LogP) is 2.20. The number of likely N-dealkylation sites (N-methyl/N-ethyl adjacent to an activating group) is 1. The molecule has 1 atom stereocenters. The van der Waals surface area contributed by atoms with Crippen LogP contribution in [0.5, 0.6) is 0 Å². The summed E-state index contributed by atoms with van der Waals surface area (Å²) in [6.07, 6.45) is 5.86. The van der Waals surface area contributed by atoms with Crippen LogP contribution in [0.3, 0.4) is 0 Å². The number of rotatable bonds is 5. The number of amides is 2. The summed E-state index contributed by atoms with van der Waals surface area (Å²) in [6.45, 7) is 3.19. The van der Waals surface area contributed by atoms with Gasteiger partial charge < -0.3 is 15.5 Å². The first-order valence-corrected chi connectivity index (χ1v) is 9.25. The molecule has 1 saturated heterocycles. The summed E-state index contributed by atoms with van der Waals surface area (Å²) in [6, 6.07) is 6.94. The molecular weight excluding hydrogens is 342 g/mol. The van der Waals surface area contributed by atoms with Gasteiger partial charge in [-0.1, -0.05) is 31.9 Å². The van der Waals surface area contributed by atoms with Gasteiger partial charge in [0, 0.05) is 43.7 Å². The fraction of sp³-hybridized carbons (Fsp3) is 0.400. The fourth-order valence-corrected chi connectivity index (χ4v) is 3.32. The van der Waals surface area contributed by atoms with E-state index in [4.69, 9.17) is 5.73 Å². The first kappa shape index (κ1) is 18.8. The minimum absolute atomic E-state index is 0.0196. The van der Waals surface area contributed by atoms with Crippen LogP contribution >= 0.6 is 0 Å². The molecule has 2 N–H and O–H groups in total. The lowest BCUT2D eigenvalue weighted by Gasteiger charge is -2.39. The molecule has 0 spiro atoms. The van der Waals surface area contributed by atoms with E-state index in [1.54, 1.807) is 35.3 Å². The second-order valence-corrected chi connectivity index (χ2v) is 6.83. The third-order valence-electron chi connectivity index (χ3n) is 4.92. The van der Waals surface area contributed by atoms with Crippen molar-refractivity contribution in [1.29, 1.82) is 0 Å². The summed E-state index contributed by atoms with van der Waals surface area (Å²) in [4.78, 5) is 37.2. The van der Waals surface area contributed by atoms with E-state index < -0.39 is 0 Å². The van der Waals surface area contributed by atoms with Gasteiger partial charge in [-0.25, -0.2) is 9.97 Å². The predicted molar refractivity (Wildman–Crippen MR) is 104 cm³/mol. The van der Waals surface area contributed by atoms with Gasteiger partial charge in [0.15, 0.2) is 0 Å². The molecule has 7 nitrogen and oxygen atoms in total. The van der Waals surface area contributed by atoms with E-state index >= 15 is 0 Å². The highest BCUT2D eigenvalue weighted by Gasteiger charge is 2.35. The topological polar surface area (TPSA) is 92.4 Å². The zero-order valence-electron chi connectivity index (χ0n) is 15.8. The number of hydrogen-bond donors (Lipinski definition) is 1. The van der Waals surface area contributed by atoms with Crippen molar-refractivity contribution in [2.24, 2.45) is 0 Å². The monoisotopic (exact) mass is 367 g/mol. The number of piperazine rings is 1. The molecule has 2 amide bonds. The maximum atomic E-state index is 13.2. The summed E-state index contributed by atoms with van der Waals surface area (Å²) < 4.78 is 0. The number of nitrogens with two attached hydrogens (primary N) is 1. The van der Waals surface area contributed by atoms with E-state index in [9.17, 15) is 9.59 Å². The lowest BCUT2D eigenvalue weighted by molar-refractivity contribution is -0.138. The summed E-state index contributed by atoms with van der Waals surface area (Å²) in [5.74, 6) is 0.114. The zero-order valence-corrected chi connectivity index (χ0v) is 15.8. The van der Waals surface area contributed by atoms with Crippen molar-refractivity contribution in [3.63, 3.8) is 0 Å². The standard InChI is InChI=1S/C20H25N5O2/c1-3-4-8-17-19(27)24(2)9-10-25(17)18(26)15-7-5-6-14(11-15)16-12-22-20(21)23-13-16/h5-7,11-13,17H,3-4,8-10H2,1-2H3,(H2,21,22,23). The van der Waals surface area contributed by atoms with Crippen molar-refractivity contribution in [2.75, 3.05) is 25.9 Å². The van der Waals surface area contributed by atoms with Crippen LogP contribution in [0.2, 0.25) is 0 Å². The Kier molecular flexibility index (Phi) is 5.69. The third-order valence-corrected chi connectivity index (χ3v) is 4.92. The van der Waals surface area contributed by atoms with Gasteiger partial charge >= 0.3 is 0 Å². The van der Waals surface area contributed by atoms with E-state index in [0.29, 0.717) is 25.1 Å². The molecule has 0 bridgehead atoms. The molecule has 0 saturated carbocycles. The number of hydrogen-bond acceptors (Lipinski definition) is 5. The average molecular weight is 367 g/mol. The third kappa shape index (κ3) is 4.07.